The molecule has 1 amide bonds. The van der Waals surface area contributed by atoms with Crippen LogP contribution in [-0.4, -0.2) is 41.9 Å². The lowest BCUT2D eigenvalue weighted by atomic mass is 10.1. The molecule has 0 bridgehead atoms. The molecule has 33 heavy (non-hydrogen) atoms. The Kier molecular flexibility index (Phi) is 7.53. The number of aryl methyl sites for hydroxylation is 1. The van der Waals surface area contributed by atoms with Crippen LogP contribution in [0, 0.1) is 12.7 Å². The second-order valence-electron chi connectivity index (χ2n) is 8.23. The first kappa shape index (κ1) is 23.6. The second kappa shape index (κ2) is 10.6. The Morgan fingerprint density at radius 1 is 0.970 bits per heavy atom. The van der Waals surface area contributed by atoms with Gasteiger partial charge in [-0.1, -0.05) is 47.5 Å². The molecule has 0 atom stereocenters. The van der Waals surface area contributed by atoms with Crippen LogP contribution in [0.5, 0.6) is 5.75 Å². The van der Waals surface area contributed by atoms with Crippen LogP contribution in [-0.2, 0) is 13.2 Å². The first-order valence-corrected chi connectivity index (χ1v) is 11.6. The van der Waals surface area contributed by atoms with Gasteiger partial charge in [0.1, 0.15) is 18.2 Å². The molecule has 7 heteroatoms. The number of ether oxygens (including phenoxy) is 1. The normalized spacial score (nSPS) is 14.4. The maximum absolute atomic E-state index is 13.3. The summed E-state index contributed by atoms with van der Waals surface area (Å²) in [7, 11) is 0. The third-order valence-electron chi connectivity index (χ3n) is 5.72. The van der Waals surface area contributed by atoms with Crippen LogP contribution in [0.2, 0.25) is 10.0 Å². The standard InChI is InChI=1S/C26H25Cl2FN2O2/c1-18-5-8-23(27)25(13-18)33-17-19-3-2-4-20(14-19)26(32)31-11-9-30(10-12-31)16-21-6-7-22(29)15-24(21)28/h2-8,13-15H,9-12,16-17H2,1H3. The van der Waals surface area contributed by atoms with Gasteiger partial charge in [-0.25, -0.2) is 4.39 Å². The molecule has 0 unspecified atom stereocenters. The summed E-state index contributed by atoms with van der Waals surface area (Å²) in [5.41, 5.74) is 3.50. The smallest absolute Gasteiger partial charge is 0.253 e. The van der Waals surface area contributed by atoms with E-state index in [0.717, 1.165) is 29.8 Å². The van der Waals surface area contributed by atoms with Gasteiger partial charge in [0.2, 0.25) is 0 Å². The minimum atomic E-state index is -0.339. The van der Waals surface area contributed by atoms with E-state index in [1.54, 1.807) is 6.07 Å². The van der Waals surface area contributed by atoms with Crippen LogP contribution < -0.4 is 4.74 Å². The average molecular weight is 487 g/mol. The number of piperazine rings is 1. The summed E-state index contributed by atoms with van der Waals surface area (Å²) >= 11 is 12.4. The molecule has 1 heterocycles. The highest BCUT2D eigenvalue weighted by atomic mass is 35.5. The van der Waals surface area contributed by atoms with Gasteiger partial charge >= 0.3 is 0 Å². The molecule has 4 nitrogen and oxygen atoms in total. The molecule has 0 saturated carbocycles. The molecule has 172 valence electrons. The third kappa shape index (κ3) is 6.05. The molecule has 0 aliphatic carbocycles. The minimum absolute atomic E-state index is 0.00454. The van der Waals surface area contributed by atoms with Crippen LogP contribution in [0.3, 0.4) is 0 Å². The number of carbonyl (C=O) groups is 1. The number of hydrogen-bond donors (Lipinski definition) is 0. The summed E-state index contributed by atoms with van der Waals surface area (Å²) in [6.45, 7) is 5.65. The fraction of sp³-hybridized carbons (Fsp3) is 0.269. The van der Waals surface area contributed by atoms with Crippen LogP contribution in [0.1, 0.15) is 27.0 Å². The van der Waals surface area contributed by atoms with Crippen molar-refractivity contribution in [1.82, 2.24) is 9.80 Å². The maximum Gasteiger partial charge on any atom is 0.253 e. The van der Waals surface area contributed by atoms with Gasteiger partial charge in [-0.15, -0.1) is 0 Å². The van der Waals surface area contributed by atoms with E-state index in [1.807, 2.05) is 54.3 Å². The number of rotatable bonds is 6. The van der Waals surface area contributed by atoms with Crippen molar-refractivity contribution in [3.8, 4) is 5.75 Å². The summed E-state index contributed by atoms with van der Waals surface area (Å²) in [6, 6.07) is 17.6. The Labute approximate surface area is 203 Å². The zero-order valence-corrected chi connectivity index (χ0v) is 19.9. The Morgan fingerprint density at radius 2 is 1.76 bits per heavy atom. The lowest BCUT2D eigenvalue weighted by Gasteiger charge is -2.35. The van der Waals surface area contributed by atoms with E-state index in [2.05, 4.69) is 4.90 Å². The highest BCUT2D eigenvalue weighted by molar-refractivity contribution is 6.32. The monoisotopic (exact) mass is 486 g/mol. The molecular weight excluding hydrogens is 462 g/mol. The quantitative estimate of drug-likeness (QED) is 0.429. The summed E-state index contributed by atoms with van der Waals surface area (Å²) in [5.74, 6) is 0.296. The topological polar surface area (TPSA) is 32.8 Å². The van der Waals surface area contributed by atoms with Crippen molar-refractivity contribution in [2.24, 2.45) is 0 Å². The molecule has 4 rings (SSSR count). The van der Waals surface area contributed by atoms with Gasteiger partial charge in [0.15, 0.2) is 0 Å². The lowest BCUT2D eigenvalue weighted by molar-refractivity contribution is 0.0628. The average Bonchev–Trinajstić information content (AvgIpc) is 2.82. The van der Waals surface area contributed by atoms with Gasteiger partial charge in [-0.05, 0) is 60.0 Å². The molecule has 3 aromatic carbocycles. The molecule has 1 saturated heterocycles. The fourth-order valence-corrected chi connectivity index (χ4v) is 4.26. The number of amides is 1. The molecule has 3 aromatic rings. The first-order chi connectivity index (χ1) is 15.9. The molecular formula is C26H25Cl2FN2O2. The van der Waals surface area contributed by atoms with Gasteiger partial charge in [0.05, 0.1) is 5.02 Å². The van der Waals surface area contributed by atoms with Crippen molar-refractivity contribution >= 4 is 29.1 Å². The number of benzene rings is 3. The molecule has 1 aliphatic rings. The van der Waals surface area contributed by atoms with E-state index >= 15 is 0 Å². The zero-order chi connectivity index (χ0) is 23.4. The summed E-state index contributed by atoms with van der Waals surface area (Å²) in [4.78, 5) is 17.1. The highest BCUT2D eigenvalue weighted by Crippen LogP contribution is 2.26. The Hall–Kier alpha value is -2.60. The number of nitrogens with zero attached hydrogens (tertiary/aromatic N) is 2. The van der Waals surface area contributed by atoms with Gasteiger partial charge in [-0.3, -0.25) is 9.69 Å². The maximum atomic E-state index is 13.3. The van der Waals surface area contributed by atoms with Crippen LogP contribution in [0.15, 0.2) is 60.7 Å². The van der Waals surface area contributed by atoms with E-state index in [1.165, 1.54) is 12.1 Å². The molecule has 0 aromatic heterocycles. The van der Waals surface area contributed by atoms with Gasteiger partial charge < -0.3 is 9.64 Å². The Balaban J connectivity index is 1.33. The Bertz CT molecular complexity index is 1150. The predicted octanol–water partition coefficient (Wildman–Crippen LogP) is 5.98. The molecule has 0 radical (unpaired) electrons. The first-order valence-electron chi connectivity index (χ1n) is 10.8. The number of hydrogen-bond acceptors (Lipinski definition) is 3. The molecule has 1 fully saturated rings. The fourth-order valence-electron chi connectivity index (χ4n) is 3.86. The van der Waals surface area contributed by atoms with Crippen molar-refractivity contribution < 1.29 is 13.9 Å². The van der Waals surface area contributed by atoms with Crippen molar-refractivity contribution in [2.45, 2.75) is 20.1 Å². The largest absolute Gasteiger partial charge is 0.487 e. The highest BCUT2D eigenvalue weighted by Gasteiger charge is 2.23. The van der Waals surface area contributed by atoms with Crippen molar-refractivity contribution in [1.29, 1.82) is 0 Å². The Morgan fingerprint density at radius 3 is 2.52 bits per heavy atom. The van der Waals surface area contributed by atoms with Crippen LogP contribution >= 0.6 is 23.2 Å². The van der Waals surface area contributed by atoms with Gasteiger partial charge in [0.25, 0.3) is 5.91 Å². The van der Waals surface area contributed by atoms with Crippen molar-refractivity contribution in [3.63, 3.8) is 0 Å². The van der Waals surface area contributed by atoms with E-state index in [-0.39, 0.29) is 11.7 Å². The van der Waals surface area contributed by atoms with E-state index in [4.69, 9.17) is 27.9 Å². The van der Waals surface area contributed by atoms with E-state index < -0.39 is 0 Å². The van der Waals surface area contributed by atoms with Gasteiger partial charge in [-0.2, -0.15) is 0 Å². The number of carbonyl (C=O) groups excluding carboxylic acids is 1. The third-order valence-corrected chi connectivity index (χ3v) is 6.39. The summed E-state index contributed by atoms with van der Waals surface area (Å²) in [6.07, 6.45) is 0. The molecule has 1 aliphatic heterocycles. The SMILES string of the molecule is Cc1ccc(Cl)c(OCc2cccc(C(=O)N3CCN(Cc4ccc(F)cc4Cl)CC3)c2)c1. The number of halogens is 3. The summed E-state index contributed by atoms with van der Waals surface area (Å²) in [5, 5.41) is 0.993. The van der Waals surface area contributed by atoms with Gasteiger partial charge in [0, 0.05) is 43.3 Å². The van der Waals surface area contributed by atoms with Crippen molar-refractivity contribution in [2.75, 3.05) is 26.2 Å². The second-order valence-corrected chi connectivity index (χ2v) is 9.04. The predicted molar refractivity (Wildman–Crippen MR) is 130 cm³/mol. The van der Waals surface area contributed by atoms with E-state index in [9.17, 15) is 9.18 Å². The molecule has 0 N–H and O–H groups in total. The van der Waals surface area contributed by atoms with Crippen LogP contribution in [0.4, 0.5) is 4.39 Å². The lowest BCUT2D eigenvalue weighted by Crippen LogP contribution is -2.48. The van der Waals surface area contributed by atoms with Crippen LogP contribution in [0.25, 0.3) is 0 Å². The minimum Gasteiger partial charge on any atom is -0.487 e. The van der Waals surface area contributed by atoms with E-state index in [0.29, 0.717) is 47.6 Å². The molecule has 0 spiro atoms. The zero-order valence-electron chi connectivity index (χ0n) is 18.4. The van der Waals surface area contributed by atoms with Crippen molar-refractivity contribution in [3.05, 3.63) is 98.8 Å². The summed E-state index contributed by atoms with van der Waals surface area (Å²) < 4.78 is 19.1.